The Hall–Kier alpha value is -7.30. The van der Waals surface area contributed by atoms with Crippen LogP contribution < -0.4 is 27.4 Å². The lowest BCUT2D eigenvalue weighted by molar-refractivity contribution is -0.143. The highest BCUT2D eigenvalue weighted by molar-refractivity contribution is 7.13. The number of fused-ring (bicyclic) bond motifs is 1. The molecule has 15 nitrogen and oxygen atoms in total. The summed E-state index contributed by atoms with van der Waals surface area (Å²) in [5, 5.41) is 9.13. The molecule has 2 fully saturated rings. The van der Waals surface area contributed by atoms with Crippen molar-refractivity contribution in [1.29, 1.82) is 0 Å². The molecule has 2 aliphatic rings. The van der Waals surface area contributed by atoms with Gasteiger partial charge < -0.3 is 32.3 Å². The zero-order valence-electron chi connectivity index (χ0n) is 43.5. The highest BCUT2D eigenvalue weighted by Gasteiger charge is 2.42. The van der Waals surface area contributed by atoms with Crippen LogP contribution in [0.5, 0.6) is 0 Å². The third kappa shape index (κ3) is 12.3. The van der Waals surface area contributed by atoms with Gasteiger partial charge in [0.1, 0.15) is 23.4 Å². The van der Waals surface area contributed by atoms with Crippen LogP contribution in [0, 0.1) is 12.3 Å². The smallest absolute Gasteiger partial charge is 0.246 e. The average molecular weight is 1030 g/mol. The van der Waals surface area contributed by atoms with Crippen LogP contribution in [0.15, 0.2) is 109 Å². The maximum atomic E-state index is 14.1. The summed E-state index contributed by atoms with van der Waals surface area (Å²) in [6.07, 6.45) is 10.3. The van der Waals surface area contributed by atoms with E-state index in [4.69, 9.17) is 21.4 Å². The van der Waals surface area contributed by atoms with E-state index in [-0.39, 0.29) is 35.6 Å². The monoisotopic (exact) mass is 1030 g/mol. The number of nitrogens with zero attached hydrogens (tertiary/aromatic N) is 6. The van der Waals surface area contributed by atoms with Crippen molar-refractivity contribution < 1.29 is 19.2 Å². The number of unbranched alkanes of at least 4 members (excludes halogenated alkanes) is 3. The summed E-state index contributed by atoms with van der Waals surface area (Å²) in [6.45, 7) is 9.10. The molecule has 16 heteroatoms. The minimum absolute atomic E-state index is 0.00590. The number of likely N-dealkylation sites (tertiary alicyclic amines) is 1. The number of hydrogen-bond donors (Lipinski definition) is 5. The largest absolute Gasteiger partial charge is 0.383 e. The fourth-order valence-electron chi connectivity index (χ4n) is 10.2. The van der Waals surface area contributed by atoms with Crippen molar-refractivity contribution in [2.45, 2.75) is 129 Å². The standard InChI is InChI=1S/C59H69N11O4S/c1-38-51(75-37-65-38)41-21-19-40(20-22-41)36-64-56(73)48-16-11-34-69(48)57(74)52(58(2,3)4)68-50(72)18-8-6-5-7-17-49(71)62-33-29-39-13-9-14-42(35-39)46-27-28-47-55(66-46)70(54(67-47)45-15-10-32-63-53(45)60)44-25-23-43(24-26-44)59(61)30-12-31-59/h9-10,13-15,19-28,32,35,37,48,52H,5-8,11-12,16-18,29-31,33-34,36,61H2,1-4H3,(H2,60,63)(H,62,71)(H,64,73)(H,68,72)/t48-,52?/m0/s1. The van der Waals surface area contributed by atoms with Crippen molar-refractivity contribution in [2.24, 2.45) is 11.1 Å². The van der Waals surface area contributed by atoms with Crippen LogP contribution in [-0.2, 0) is 37.7 Å². The summed E-state index contributed by atoms with van der Waals surface area (Å²) in [5.74, 6) is 0.416. The molecule has 9 rings (SSSR count). The minimum atomic E-state index is -0.776. The van der Waals surface area contributed by atoms with Crippen molar-refractivity contribution >= 4 is 51.9 Å². The third-order valence-electron chi connectivity index (χ3n) is 14.7. The number of pyridine rings is 2. The van der Waals surface area contributed by atoms with Gasteiger partial charge in [-0.15, -0.1) is 11.3 Å². The molecule has 3 aromatic carbocycles. The summed E-state index contributed by atoms with van der Waals surface area (Å²) < 4.78 is 2.03. The van der Waals surface area contributed by atoms with Crippen molar-refractivity contribution in [3.63, 3.8) is 0 Å². The highest BCUT2D eigenvalue weighted by Crippen LogP contribution is 2.40. The number of nitrogens with two attached hydrogens (primary N) is 2. The molecule has 2 atom stereocenters. The number of aromatic nitrogens is 5. The van der Waals surface area contributed by atoms with Crippen molar-refractivity contribution in [1.82, 2.24) is 45.4 Å². The summed E-state index contributed by atoms with van der Waals surface area (Å²) >= 11 is 1.60. The second-order valence-corrected chi connectivity index (χ2v) is 22.1. The van der Waals surface area contributed by atoms with Crippen LogP contribution >= 0.6 is 11.3 Å². The van der Waals surface area contributed by atoms with Crippen molar-refractivity contribution in [3.05, 3.63) is 131 Å². The maximum Gasteiger partial charge on any atom is 0.246 e. The molecule has 390 valence electrons. The Morgan fingerprint density at radius 3 is 2.27 bits per heavy atom. The number of nitrogen functional groups attached to an aromatic ring is 1. The molecule has 5 heterocycles. The number of amides is 4. The fourth-order valence-corrected chi connectivity index (χ4v) is 11.0. The molecule has 7 aromatic rings. The Morgan fingerprint density at radius 1 is 0.813 bits per heavy atom. The van der Waals surface area contributed by atoms with Gasteiger partial charge in [0.05, 0.1) is 27.3 Å². The van der Waals surface area contributed by atoms with Crippen LogP contribution in [0.25, 0.3) is 49.9 Å². The number of rotatable bonds is 20. The summed E-state index contributed by atoms with van der Waals surface area (Å²) in [6, 6.07) is 31.0. The molecule has 1 saturated heterocycles. The number of nitrogens with one attached hydrogen (secondary N) is 3. The second kappa shape index (κ2) is 23.1. The molecule has 7 N–H and O–H groups in total. The lowest BCUT2D eigenvalue weighted by atomic mass is 9.73. The molecule has 0 spiro atoms. The molecular formula is C59H69N11O4S. The molecule has 4 aromatic heterocycles. The summed E-state index contributed by atoms with van der Waals surface area (Å²) in [7, 11) is 0. The number of anilines is 1. The molecule has 1 aliphatic carbocycles. The Labute approximate surface area is 443 Å². The lowest BCUT2D eigenvalue weighted by Crippen LogP contribution is -2.57. The normalized spacial score (nSPS) is 15.6. The Kier molecular flexibility index (Phi) is 16.2. The molecule has 75 heavy (non-hydrogen) atoms. The van der Waals surface area contributed by atoms with E-state index in [2.05, 4.69) is 62.3 Å². The average Bonchev–Trinajstić information content (AvgIpc) is 4.17. The Balaban J connectivity index is 0.717. The van der Waals surface area contributed by atoms with E-state index >= 15 is 0 Å². The van der Waals surface area contributed by atoms with Gasteiger partial charge in [0, 0.05) is 55.5 Å². The predicted octanol–water partition coefficient (Wildman–Crippen LogP) is 9.34. The number of aryl methyl sites for hydroxylation is 1. The molecule has 4 amide bonds. The first-order valence-electron chi connectivity index (χ1n) is 26.4. The van der Waals surface area contributed by atoms with Crippen LogP contribution in [0.3, 0.4) is 0 Å². The summed E-state index contributed by atoms with van der Waals surface area (Å²) in [5.41, 5.74) is 24.1. The number of carbonyl (C=O) groups is 4. The highest BCUT2D eigenvalue weighted by atomic mass is 32.1. The van der Waals surface area contributed by atoms with E-state index < -0.39 is 17.5 Å². The van der Waals surface area contributed by atoms with E-state index in [1.807, 2.05) is 98.4 Å². The van der Waals surface area contributed by atoms with E-state index in [1.54, 1.807) is 22.4 Å². The van der Waals surface area contributed by atoms with Crippen molar-refractivity contribution in [2.75, 3.05) is 18.8 Å². The fraction of sp³-hybridized carbons (Fsp3) is 0.390. The van der Waals surface area contributed by atoms with E-state index in [1.165, 1.54) is 0 Å². The minimum Gasteiger partial charge on any atom is -0.383 e. The van der Waals surface area contributed by atoms with E-state index in [0.29, 0.717) is 81.0 Å². The number of hydrogen-bond acceptors (Lipinski definition) is 11. The van der Waals surface area contributed by atoms with Gasteiger partial charge in [0.2, 0.25) is 23.6 Å². The van der Waals surface area contributed by atoms with Gasteiger partial charge in [0.25, 0.3) is 0 Å². The molecule has 1 aliphatic heterocycles. The Morgan fingerprint density at radius 2 is 1.57 bits per heavy atom. The number of carbonyl (C=O) groups excluding carboxylic acids is 4. The first-order chi connectivity index (χ1) is 36.1. The Bertz CT molecular complexity index is 3160. The molecule has 0 bridgehead atoms. The van der Waals surface area contributed by atoms with Crippen molar-refractivity contribution in [3.8, 4) is 38.8 Å². The predicted molar refractivity (Wildman–Crippen MR) is 296 cm³/mol. The van der Waals surface area contributed by atoms with Gasteiger partial charge in [0.15, 0.2) is 11.5 Å². The van der Waals surface area contributed by atoms with Crippen LogP contribution in [0.2, 0.25) is 0 Å². The quantitative estimate of drug-likeness (QED) is 0.0456. The second-order valence-electron chi connectivity index (χ2n) is 21.3. The van der Waals surface area contributed by atoms with Gasteiger partial charge >= 0.3 is 0 Å². The number of benzene rings is 3. The number of imidazole rings is 1. The molecule has 1 saturated carbocycles. The SMILES string of the molecule is Cc1ncsc1-c1ccc(CNC(=O)[C@@H]2CCCN2C(=O)C(NC(=O)CCCCCCC(=O)NCCc2cccc(-c3ccc4nc(-c5cccnc5N)n(-c5ccc(C6(N)CCC6)cc5)c4n3)c2)C(C)(C)C)cc1. The lowest BCUT2D eigenvalue weighted by Gasteiger charge is -2.38. The first-order valence-corrected chi connectivity index (χ1v) is 27.3. The van der Waals surface area contributed by atoms with E-state index in [0.717, 1.165) is 87.4 Å². The third-order valence-corrected chi connectivity index (χ3v) is 15.7. The summed E-state index contributed by atoms with van der Waals surface area (Å²) in [4.78, 5) is 75.3. The van der Waals surface area contributed by atoms with Crippen LogP contribution in [0.1, 0.15) is 114 Å². The first kappa shape index (κ1) is 52.6. The number of thiazole rings is 1. The van der Waals surface area contributed by atoms with Gasteiger partial charge in [-0.1, -0.05) is 88.2 Å². The maximum absolute atomic E-state index is 14.1. The zero-order chi connectivity index (χ0) is 52.7. The van der Waals surface area contributed by atoms with Gasteiger partial charge in [-0.3, -0.25) is 23.7 Å². The molecule has 1 unspecified atom stereocenters. The molecular weight excluding hydrogens is 959 g/mol. The van der Waals surface area contributed by atoms with Crippen LogP contribution in [-0.4, -0.2) is 78.2 Å². The van der Waals surface area contributed by atoms with Gasteiger partial charge in [-0.05, 0) is 128 Å². The van der Waals surface area contributed by atoms with Gasteiger partial charge in [-0.2, -0.15) is 0 Å². The van der Waals surface area contributed by atoms with Crippen LogP contribution in [0.4, 0.5) is 5.82 Å². The zero-order valence-corrected chi connectivity index (χ0v) is 44.3. The van der Waals surface area contributed by atoms with E-state index in [9.17, 15) is 19.2 Å². The molecule has 0 radical (unpaired) electrons. The topological polar surface area (TPSA) is 216 Å². The van der Waals surface area contributed by atoms with Gasteiger partial charge in [-0.25, -0.2) is 19.9 Å².